The molecule has 0 fully saturated rings. The topological polar surface area (TPSA) is 34.1 Å². The molecule has 1 aromatic heterocycles. The lowest BCUT2D eigenvalue weighted by molar-refractivity contribution is -0.134. The van der Waals surface area contributed by atoms with E-state index in [2.05, 4.69) is 26.2 Å². The number of anilines is 1. The number of ether oxygens (including phenoxy) is 1. The molecule has 0 aliphatic carbocycles. The Labute approximate surface area is 125 Å². The van der Waals surface area contributed by atoms with E-state index in [1.165, 1.54) is 7.11 Å². The Kier molecular flexibility index (Phi) is 4.54. The molecule has 8 heteroatoms. The van der Waals surface area contributed by atoms with Gasteiger partial charge in [0.1, 0.15) is 10.6 Å². The first-order valence-electron chi connectivity index (χ1n) is 5.49. The van der Waals surface area contributed by atoms with Gasteiger partial charge in [-0.3, -0.25) is 0 Å². The summed E-state index contributed by atoms with van der Waals surface area (Å²) in [6.07, 6.45) is -3.53. The van der Waals surface area contributed by atoms with Crippen LogP contribution in [0, 0.1) is 0 Å². The Morgan fingerprint density at radius 3 is 2.75 bits per heavy atom. The average molecular weight is 367 g/mol. The van der Waals surface area contributed by atoms with Gasteiger partial charge in [0.25, 0.3) is 0 Å². The van der Waals surface area contributed by atoms with Crippen LogP contribution in [0.25, 0.3) is 0 Å². The van der Waals surface area contributed by atoms with Crippen LogP contribution in [0.15, 0.2) is 28.9 Å². The van der Waals surface area contributed by atoms with Gasteiger partial charge in [0.05, 0.1) is 13.3 Å². The maximum absolute atomic E-state index is 12.5. The number of aromatic nitrogens is 1. The third-order valence-electron chi connectivity index (χ3n) is 2.46. The summed E-state index contributed by atoms with van der Waals surface area (Å²) in [6, 6.07) is 5.45. The first kappa shape index (κ1) is 15.1. The summed E-state index contributed by atoms with van der Waals surface area (Å²) in [5.74, 6) is 0.660. The third kappa shape index (κ3) is 3.63. The number of hydrogen-bond acceptors (Lipinski definition) is 4. The van der Waals surface area contributed by atoms with Gasteiger partial charge in [0.15, 0.2) is 5.13 Å². The zero-order valence-corrected chi connectivity index (χ0v) is 12.7. The fraction of sp³-hybridized carbons (Fsp3) is 0.250. The molecule has 1 aromatic carbocycles. The van der Waals surface area contributed by atoms with Crippen LogP contribution in [0.1, 0.15) is 10.4 Å². The maximum Gasteiger partial charge on any atom is 0.427 e. The number of alkyl halides is 3. The van der Waals surface area contributed by atoms with E-state index >= 15 is 0 Å². The average Bonchev–Trinajstić information content (AvgIpc) is 2.85. The zero-order chi connectivity index (χ0) is 14.8. The van der Waals surface area contributed by atoms with E-state index in [-0.39, 0.29) is 5.13 Å². The SMILES string of the molecule is COc1ccc(Br)cc1CNc1ncc(C(F)(F)F)s1. The van der Waals surface area contributed by atoms with E-state index in [1.807, 2.05) is 12.1 Å². The second kappa shape index (κ2) is 6.01. The van der Waals surface area contributed by atoms with Gasteiger partial charge in [-0.2, -0.15) is 13.2 Å². The second-order valence-electron chi connectivity index (χ2n) is 3.84. The molecule has 0 aliphatic rings. The van der Waals surface area contributed by atoms with Crippen LogP contribution in [0.3, 0.4) is 0 Å². The van der Waals surface area contributed by atoms with Crippen LogP contribution in [0.5, 0.6) is 5.75 Å². The normalized spacial score (nSPS) is 11.4. The van der Waals surface area contributed by atoms with Crippen molar-refractivity contribution in [2.24, 2.45) is 0 Å². The molecule has 2 aromatic rings. The van der Waals surface area contributed by atoms with Gasteiger partial charge in [-0.15, -0.1) is 0 Å². The molecule has 0 spiro atoms. The van der Waals surface area contributed by atoms with Crippen LogP contribution in [-0.4, -0.2) is 12.1 Å². The molecule has 20 heavy (non-hydrogen) atoms. The number of nitrogens with zero attached hydrogens (tertiary/aromatic N) is 1. The van der Waals surface area contributed by atoms with Crippen LogP contribution < -0.4 is 10.1 Å². The van der Waals surface area contributed by atoms with Gasteiger partial charge in [-0.1, -0.05) is 27.3 Å². The molecule has 3 nitrogen and oxygen atoms in total. The van der Waals surface area contributed by atoms with Crippen molar-refractivity contribution in [2.75, 3.05) is 12.4 Å². The highest BCUT2D eigenvalue weighted by atomic mass is 79.9. The minimum atomic E-state index is -4.36. The van der Waals surface area contributed by atoms with E-state index in [4.69, 9.17) is 4.74 Å². The molecule has 1 N–H and O–H groups in total. The van der Waals surface area contributed by atoms with E-state index < -0.39 is 11.1 Å². The molecule has 0 atom stereocenters. The predicted octanol–water partition coefficient (Wildman–Crippen LogP) is 4.55. The van der Waals surface area contributed by atoms with Gasteiger partial charge >= 0.3 is 6.18 Å². The van der Waals surface area contributed by atoms with Crippen molar-refractivity contribution in [1.82, 2.24) is 4.98 Å². The molecular weight excluding hydrogens is 357 g/mol. The highest BCUT2D eigenvalue weighted by Crippen LogP contribution is 2.35. The van der Waals surface area contributed by atoms with Crippen molar-refractivity contribution in [3.63, 3.8) is 0 Å². The summed E-state index contributed by atoms with van der Waals surface area (Å²) in [5, 5.41) is 3.08. The fourth-order valence-corrected chi connectivity index (χ4v) is 2.63. The molecule has 2 rings (SSSR count). The Hall–Kier alpha value is -1.28. The first-order valence-corrected chi connectivity index (χ1v) is 7.10. The molecule has 0 aliphatic heterocycles. The molecule has 0 unspecified atom stereocenters. The molecule has 1 heterocycles. The van der Waals surface area contributed by atoms with Crippen molar-refractivity contribution in [2.45, 2.75) is 12.7 Å². The number of rotatable bonds is 4. The van der Waals surface area contributed by atoms with Gasteiger partial charge in [-0.25, -0.2) is 4.98 Å². The Morgan fingerprint density at radius 1 is 1.40 bits per heavy atom. The summed E-state index contributed by atoms with van der Waals surface area (Å²) in [7, 11) is 1.54. The van der Waals surface area contributed by atoms with E-state index in [0.717, 1.165) is 16.2 Å². The van der Waals surface area contributed by atoms with Crippen LogP contribution in [-0.2, 0) is 12.7 Å². The molecular formula is C12H10BrF3N2OS. The summed E-state index contributed by atoms with van der Waals surface area (Å²) >= 11 is 3.91. The van der Waals surface area contributed by atoms with Gasteiger partial charge < -0.3 is 10.1 Å². The molecule has 0 saturated carbocycles. The number of benzene rings is 1. The lowest BCUT2D eigenvalue weighted by Gasteiger charge is -2.09. The summed E-state index contributed by atoms with van der Waals surface area (Å²) in [5.41, 5.74) is 0.825. The van der Waals surface area contributed by atoms with Crippen molar-refractivity contribution in [1.29, 1.82) is 0 Å². The predicted molar refractivity (Wildman–Crippen MR) is 75.1 cm³/mol. The second-order valence-corrected chi connectivity index (χ2v) is 5.78. The largest absolute Gasteiger partial charge is 0.496 e. The van der Waals surface area contributed by atoms with Crippen LogP contribution in [0.4, 0.5) is 18.3 Å². The van der Waals surface area contributed by atoms with Crippen molar-refractivity contribution >= 4 is 32.4 Å². The van der Waals surface area contributed by atoms with Gasteiger partial charge in [0.2, 0.25) is 0 Å². The highest BCUT2D eigenvalue weighted by Gasteiger charge is 2.33. The number of nitrogens with one attached hydrogen (secondary N) is 1. The smallest absolute Gasteiger partial charge is 0.427 e. The standard InChI is InChI=1S/C12H10BrF3N2OS/c1-19-9-3-2-8(13)4-7(9)5-17-11-18-6-10(20-11)12(14,15)16/h2-4,6H,5H2,1H3,(H,17,18). The molecule has 0 radical (unpaired) electrons. The molecule has 0 saturated heterocycles. The number of halogens is 4. The highest BCUT2D eigenvalue weighted by molar-refractivity contribution is 9.10. The number of methoxy groups -OCH3 is 1. The van der Waals surface area contributed by atoms with Crippen LogP contribution in [0.2, 0.25) is 0 Å². The lowest BCUT2D eigenvalue weighted by atomic mass is 10.2. The Bertz CT molecular complexity index is 601. The monoisotopic (exact) mass is 366 g/mol. The Balaban J connectivity index is 2.09. The lowest BCUT2D eigenvalue weighted by Crippen LogP contribution is -2.01. The van der Waals surface area contributed by atoms with Crippen LogP contribution >= 0.6 is 27.3 Å². The minimum Gasteiger partial charge on any atom is -0.496 e. The third-order valence-corrected chi connectivity index (χ3v) is 3.95. The fourth-order valence-electron chi connectivity index (χ4n) is 1.54. The zero-order valence-electron chi connectivity index (χ0n) is 10.3. The minimum absolute atomic E-state index is 0.222. The molecule has 0 bridgehead atoms. The summed E-state index contributed by atoms with van der Waals surface area (Å²) in [6.45, 7) is 0.327. The number of hydrogen-bond donors (Lipinski definition) is 1. The van der Waals surface area contributed by atoms with Crippen molar-refractivity contribution in [3.8, 4) is 5.75 Å². The molecule has 0 amide bonds. The van der Waals surface area contributed by atoms with E-state index in [0.29, 0.717) is 23.6 Å². The van der Waals surface area contributed by atoms with Crippen molar-refractivity contribution < 1.29 is 17.9 Å². The quantitative estimate of drug-likeness (QED) is 0.861. The summed E-state index contributed by atoms with van der Waals surface area (Å²) < 4.78 is 43.4. The number of thiazole rings is 1. The molecule has 108 valence electrons. The van der Waals surface area contributed by atoms with E-state index in [9.17, 15) is 13.2 Å². The van der Waals surface area contributed by atoms with E-state index in [1.54, 1.807) is 6.07 Å². The van der Waals surface area contributed by atoms with Crippen molar-refractivity contribution in [3.05, 3.63) is 39.3 Å². The maximum atomic E-state index is 12.5. The van der Waals surface area contributed by atoms with Gasteiger partial charge in [-0.05, 0) is 18.2 Å². The summed E-state index contributed by atoms with van der Waals surface area (Å²) in [4.78, 5) is 2.99. The first-order chi connectivity index (χ1) is 9.40. The van der Waals surface area contributed by atoms with Gasteiger partial charge in [0, 0.05) is 16.6 Å². The Morgan fingerprint density at radius 2 is 2.15 bits per heavy atom.